The predicted octanol–water partition coefficient (Wildman–Crippen LogP) is 3.57. The van der Waals surface area contributed by atoms with E-state index in [0.717, 1.165) is 0 Å². The van der Waals surface area contributed by atoms with Crippen molar-refractivity contribution in [3.05, 3.63) is 45.1 Å². The average molecular weight is 310 g/mol. The Balaban J connectivity index is 3.27. The van der Waals surface area contributed by atoms with Crippen LogP contribution in [0.1, 0.15) is 11.7 Å². The molecule has 13 heavy (non-hydrogen) atoms. The van der Waals surface area contributed by atoms with Gasteiger partial charge >= 0.3 is 0 Å². The van der Waals surface area contributed by atoms with Crippen LogP contribution in [0, 0.1) is 5.82 Å². The zero-order chi connectivity index (χ0) is 10.0. The van der Waals surface area contributed by atoms with Gasteiger partial charge in [-0.2, -0.15) is 0 Å². The minimum atomic E-state index is -0.978. The van der Waals surface area contributed by atoms with Crippen molar-refractivity contribution in [2.45, 2.75) is 6.10 Å². The highest BCUT2D eigenvalue weighted by atomic mass is 79.9. The van der Waals surface area contributed by atoms with E-state index >= 15 is 0 Å². The molecule has 0 spiro atoms. The second kappa shape index (κ2) is 4.35. The van der Waals surface area contributed by atoms with Crippen LogP contribution in [0.3, 0.4) is 0 Å². The van der Waals surface area contributed by atoms with E-state index in [0.29, 0.717) is 8.95 Å². The van der Waals surface area contributed by atoms with Gasteiger partial charge in [-0.05, 0) is 28.1 Å². The maximum atomic E-state index is 13.3. The zero-order valence-corrected chi connectivity index (χ0v) is 9.77. The standard InChI is InChI=1S/C9H7Br2FO/c1-2-8(13)6-3-5(10)4-7(11)9(6)12/h2-4,8,13H,1H2. The summed E-state index contributed by atoms with van der Waals surface area (Å²) >= 11 is 6.25. The summed E-state index contributed by atoms with van der Waals surface area (Å²) in [6.07, 6.45) is 0.297. The molecule has 1 aromatic rings. The minimum absolute atomic E-state index is 0.205. The van der Waals surface area contributed by atoms with E-state index in [-0.39, 0.29) is 5.56 Å². The Morgan fingerprint density at radius 1 is 1.46 bits per heavy atom. The summed E-state index contributed by atoms with van der Waals surface area (Å²) in [7, 11) is 0. The zero-order valence-electron chi connectivity index (χ0n) is 6.60. The number of hydrogen-bond donors (Lipinski definition) is 1. The van der Waals surface area contributed by atoms with Crippen molar-refractivity contribution in [1.82, 2.24) is 0 Å². The van der Waals surface area contributed by atoms with Crippen molar-refractivity contribution in [2.24, 2.45) is 0 Å². The Morgan fingerprint density at radius 3 is 2.62 bits per heavy atom. The smallest absolute Gasteiger partial charge is 0.143 e. The van der Waals surface area contributed by atoms with Gasteiger partial charge in [0.15, 0.2) is 0 Å². The van der Waals surface area contributed by atoms with Gasteiger partial charge in [0.25, 0.3) is 0 Å². The summed E-state index contributed by atoms with van der Waals surface area (Å²) < 4.78 is 14.4. The number of rotatable bonds is 2. The molecular weight excluding hydrogens is 303 g/mol. The van der Waals surface area contributed by atoms with Crippen molar-refractivity contribution >= 4 is 31.9 Å². The van der Waals surface area contributed by atoms with E-state index in [9.17, 15) is 9.50 Å². The van der Waals surface area contributed by atoms with Crippen LogP contribution < -0.4 is 0 Å². The SMILES string of the molecule is C=CC(O)c1cc(Br)cc(Br)c1F. The van der Waals surface area contributed by atoms with Gasteiger partial charge in [-0.3, -0.25) is 0 Å². The third-order valence-corrected chi connectivity index (χ3v) is 2.60. The van der Waals surface area contributed by atoms with E-state index in [1.165, 1.54) is 12.1 Å². The molecule has 1 N–H and O–H groups in total. The molecule has 0 aromatic heterocycles. The maximum absolute atomic E-state index is 13.3. The molecule has 0 fully saturated rings. The van der Waals surface area contributed by atoms with Gasteiger partial charge in [-0.1, -0.05) is 22.0 Å². The normalized spacial score (nSPS) is 12.6. The highest BCUT2D eigenvalue weighted by Crippen LogP contribution is 2.28. The molecular formula is C9H7Br2FO. The second-order valence-corrected chi connectivity index (χ2v) is 4.24. The van der Waals surface area contributed by atoms with Crippen LogP contribution in [-0.2, 0) is 0 Å². The van der Waals surface area contributed by atoms with Gasteiger partial charge < -0.3 is 5.11 Å². The number of aliphatic hydroxyl groups is 1. The van der Waals surface area contributed by atoms with Crippen LogP contribution >= 0.6 is 31.9 Å². The average Bonchev–Trinajstić information content (AvgIpc) is 2.10. The lowest BCUT2D eigenvalue weighted by Gasteiger charge is -2.08. The molecule has 0 aliphatic rings. The lowest BCUT2D eigenvalue weighted by molar-refractivity contribution is 0.223. The summed E-state index contributed by atoms with van der Waals surface area (Å²) in [5.41, 5.74) is 0.205. The van der Waals surface area contributed by atoms with Crippen molar-refractivity contribution in [1.29, 1.82) is 0 Å². The van der Waals surface area contributed by atoms with E-state index in [4.69, 9.17) is 0 Å². The molecule has 4 heteroatoms. The number of hydrogen-bond acceptors (Lipinski definition) is 1. The first-order valence-corrected chi connectivity index (χ1v) is 5.10. The fraction of sp³-hybridized carbons (Fsp3) is 0.111. The molecule has 1 unspecified atom stereocenters. The summed E-state index contributed by atoms with van der Waals surface area (Å²) in [4.78, 5) is 0. The molecule has 1 aromatic carbocycles. The Morgan fingerprint density at radius 2 is 2.08 bits per heavy atom. The van der Waals surface area contributed by atoms with Gasteiger partial charge in [-0.25, -0.2) is 4.39 Å². The largest absolute Gasteiger partial charge is 0.384 e. The quantitative estimate of drug-likeness (QED) is 0.654. The van der Waals surface area contributed by atoms with Gasteiger partial charge in [0.1, 0.15) is 5.82 Å². The van der Waals surface area contributed by atoms with E-state index in [2.05, 4.69) is 38.4 Å². The van der Waals surface area contributed by atoms with E-state index in [1.807, 2.05) is 0 Å². The molecule has 0 radical (unpaired) electrons. The first kappa shape index (κ1) is 10.9. The molecule has 0 bridgehead atoms. The van der Waals surface area contributed by atoms with Crippen LogP contribution in [0.2, 0.25) is 0 Å². The van der Waals surface area contributed by atoms with E-state index < -0.39 is 11.9 Å². The number of aliphatic hydroxyl groups excluding tert-OH is 1. The van der Waals surface area contributed by atoms with Crippen molar-refractivity contribution in [2.75, 3.05) is 0 Å². The Kier molecular flexibility index (Phi) is 3.64. The van der Waals surface area contributed by atoms with Gasteiger partial charge in [0, 0.05) is 10.0 Å². The molecule has 1 atom stereocenters. The number of halogens is 3. The summed E-state index contributed by atoms with van der Waals surface area (Å²) in [6, 6.07) is 3.10. The fourth-order valence-corrected chi connectivity index (χ4v) is 2.18. The monoisotopic (exact) mass is 308 g/mol. The second-order valence-electron chi connectivity index (χ2n) is 2.47. The summed E-state index contributed by atoms with van der Waals surface area (Å²) in [5.74, 6) is -0.462. The molecule has 1 nitrogen and oxygen atoms in total. The molecule has 0 aliphatic carbocycles. The van der Waals surface area contributed by atoms with Crippen LogP contribution in [0.4, 0.5) is 4.39 Å². The Hall–Kier alpha value is -0.190. The fourth-order valence-electron chi connectivity index (χ4n) is 0.918. The lowest BCUT2D eigenvalue weighted by Crippen LogP contribution is -1.97. The summed E-state index contributed by atoms with van der Waals surface area (Å²) in [5, 5.41) is 9.36. The van der Waals surface area contributed by atoms with E-state index in [1.54, 1.807) is 6.07 Å². The minimum Gasteiger partial charge on any atom is -0.384 e. The van der Waals surface area contributed by atoms with Gasteiger partial charge in [0.05, 0.1) is 10.6 Å². The highest BCUT2D eigenvalue weighted by molar-refractivity contribution is 9.11. The van der Waals surface area contributed by atoms with Crippen LogP contribution in [0.25, 0.3) is 0 Å². The lowest BCUT2D eigenvalue weighted by atomic mass is 10.1. The Labute approximate surface area is 92.5 Å². The molecule has 0 saturated carbocycles. The van der Waals surface area contributed by atoms with Crippen molar-refractivity contribution < 1.29 is 9.50 Å². The number of benzene rings is 1. The first-order chi connectivity index (χ1) is 6.06. The molecule has 0 amide bonds. The van der Waals surface area contributed by atoms with Crippen LogP contribution in [-0.4, -0.2) is 5.11 Å². The molecule has 70 valence electrons. The third kappa shape index (κ3) is 2.39. The maximum Gasteiger partial charge on any atom is 0.143 e. The molecule has 0 aliphatic heterocycles. The topological polar surface area (TPSA) is 20.2 Å². The summed E-state index contributed by atoms with van der Waals surface area (Å²) in [6.45, 7) is 3.39. The third-order valence-electron chi connectivity index (χ3n) is 1.56. The molecule has 0 saturated heterocycles. The molecule has 1 rings (SSSR count). The first-order valence-electron chi connectivity index (χ1n) is 3.51. The highest BCUT2D eigenvalue weighted by Gasteiger charge is 2.13. The van der Waals surface area contributed by atoms with Gasteiger partial charge in [0.2, 0.25) is 0 Å². The van der Waals surface area contributed by atoms with Crippen LogP contribution in [0.15, 0.2) is 33.7 Å². The molecule has 0 heterocycles. The van der Waals surface area contributed by atoms with Crippen molar-refractivity contribution in [3.8, 4) is 0 Å². The Bertz CT molecular complexity index is 339. The predicted molar refractivity (Wildman–Crippen MR) is 57.0 cm³/mol. The van der Waals surface area contributed by atoms with Crippen LogP contribution in [0.5, 0.6) is 0 Å². The van der Waals surface area contributed by atoms with Crippen molar-refractivity contribution in [3.63, 3.8) is 0 Å². The van der Waals surface area contributed by atoms with Gasteiger partial charge in [-0.15, -0.1) is 6.58 Å².